The van der Waals surface area contributed by atoms with E-state index in [0.29, 0.717) is 6.04 Å². The lowest BCUT2D eigenvalue weighted by molar-refractivity contribution is -0.0643. The van der Waals surface area contributed by atoms with Crippen LogP contribution in [0, 0.1) is 6.92 Å². The first-order chi connectivity index (χ1) is 7.96. The number of hydrogen-bond acceptors (Lipinski definition) is 4. The van der Waals surface area contributed by atoms with Gasteiger partial charge in [0.15, 0.2) is 0 Å². The highest BCUT2D eigenvalue weighted by Gasteiger charge is 2.30. The normalized spacial score (nSPS) is 25.8. The van der Waals surface area contributed by atoms with Crippen molar-refractivity contribution in [1.82, 2.24) is 10.3 Å². The van der Waals surface area contributed by atoms with Gasteiger partial charge in [0.05, 0.1) is 17.8 Å². The van der Waals surface area contributed by atoms with E-state index in [2.05, 4.69) is 31.1 Å². The predicted octanol–water partition coefficient (Wildman–Crippen LogP) is 2.59. The Bertz CT molecular complexity index is 373. The summed E-state index contributed by atoms with van der Waals surface area (Å²) in [5.74, 6) is 1.63. The smallest absolute Gasteiger partial charge is 0.211 e. The standard InChI is InChI=1S/C13H22N2O2/c1-9-8-14-12(17-9)10(2)15-11-5-6-16-13(3,4)7-11/h8,10-11,15H,5-7H2,1-4H3. The van der Waals surface area contributed by atoms with Gasteiger partial charge >= 0.3 is 0 Å². The van der Waals surface area contributed by atoms with E-state index >= 15 is 0 Å². The molecule has 4 heteroatoms. The van der Waals surface area contributed by atoms with Crippen LogP contribution in [0.5, 0.6) is 0 Å². The average Bonchev–Trinajstić information content (AvgIpc) is 2.63. The van der Waals surface area contributed by atoms with Crippen molar-refractivity contribution in [2.24, 2.45) is 0 Å². The molecule has 0 bridgehead atoms. The number of oxazole rings is 1. The molecule has 0 radical (unpaired) electrons. The molecule has 96 valence electrons. The molecule has 1 aliphatic rings. The number of hydrogen-bond donors (Lipinski definition) is 1. The number of rotatable bonds is 3. The SMILES string of the molecule is Cc1cnc(C(C)NC2CCOC(C)(C)C2)o1. The minimum absolute atomic E-state index is 0.0256. The number of nitrogens with one attached hydrogen (secondary N) is 1. The van der Waals surface area contributed by atoms with Crippen LogP contribution in [0.3, 0.4) is 0 Å². The molecule has 0 spiro atoms. The molecule has 1 aliphatic heterocycles. The maximum atomic E-state index is 5.71. The molecule has 1 fully saturated rings. The van der Waals surface area contributed by atoms with Crippen LogP contribution in [0.1, 0.15) is 51.3 Å². The zero-order chi connectivity index (χ0) is 12.5. The molecule has 2 unspecified atom stereocenters. The number of ether oxygens (including phenoxy) is 1. The largest absolute Gasteiger partial charge is 0.444 e. The molecule has 1 N–H and O–H groups in total. The molecule has 0 amide bonds. The van der Waals surface area contributed by atoms with Crippen molar-refractivity contribution in [2.75, 3.05) is 6.61 Å². The van der Waals surface area contributed by atoms with Gasteiger partial charge in [0.1, 0.15) is 5.76 Å². The Morgan fingerprint density at radius 1 is 1.53 bits per heavy atom. The van der Waals surface area contributed by atoms with E-state index in [0.717, 1.165) is 31.1 Å². The molecule has 17 heavy (non-hydrogen) atoms. The van der Waals surface area contributed by atoms with E-state index in [9.17, 15) is 0 Å². The van der Waals surface area contributed by atoms with E-state index in [1.807, 2.05) is 6.92 Å². The van der Waals surface area contributed by atoms with Crippen LogP contribution in [-0.2, 0) is 4.74 Å². The van der Waals surface area contributed by atoms with E-state index < -0.39 is 0 Å². The monoisotopic (exact) mass is 238 g/mol. The molecule has 1 aromatic heterocycles. The molecule has 0 saturated carbocycles. The second kappa shape index (κ2) is 4.78. The summed E-state index contributed by atoms with van der Waals surface area (Å²) in [7, 11) is 0. The fourth-order valence-electron chi connectivity index (χ4n) is 2.37. The Balaban J connectivity index is 1.92. The van der Waals surface area contributed by atoms with E-state index in [4.69, 9.17) is 9.15 Å². The Kier molecular flexibility index (Phi) is 3.54. The topological polar surface area (TPSA) is 47.3 Å². The molecule has 1 saturated heterocycles. The zero-order valence-electron chi connectivity index (χ0n) is 11.1. The van der Waals surface area contributed by atoms with Gasteiger partial charge in [0.25, 0.3) is 0 Å². The van der Waals surface area contributed by atoms with Crippen LogP contribution < -0.4 is 5.32 Å². The van der Waals surface area contributed by atoms with Gasteiger partial charge in [-0.2, -0.15) is 0 Å². The first-order valence-electron chi connectivity index (χ1n) is 6.28. The third kappa shape index (κ3) is 3.30. The Hall–Kier alpha value is -0.870. The molecule has 2 heterocycles. The quantitative estimate of drug-likeness (QED) is 0.879. The zero-order valence-corrected chi connectivity index (χ0v) is 11.1. The summed E-state index contributed by atoms with van der Waals surface area (Å²) in [6, 6.07) is 0.628. The summed E-state index contributed by atoms with van der Waals surface area (Å²) in [6.07, 6.45) is 3.84. The summed E-state index contributed by atoms with van der Waals surface area (Å²) in [6.45, 7) is 9.11. The minimum Gasteiger partial charge on any atom is -0.444 e. The number of aryl methyl sites for hydroxylation is 1. The number of aromatic nitrogens is 1. The van der Waals surface area contributed by atoms with Crippen molar-refractivity contribution in [3.05, 3.63) is 17.8 Å². The second-order valence-corrected chi connectivity index (χ2v) is 5.50. The van der Waals surface area contributed by atoms with Crippen LogP contribution in [0.25, 0.3) is 0 Å². The maximum Gasteiger partial charge on any atom is 0.211 e. The predicted molar refractivity (Wildman–Crippen MR) is 65.8 cm³/mol. The molecule has 1 aromatic rings. The van der Waals surface area contributed by atoms with Gasteiger partial charge in [-0.1, -0.05) is 0 Å². The lowest BCUT2D eigenvalue weighted by Crippen LogP contribution is -2.44. The van der Waals surface area contributed by atoms with Crippen LogP contribution in [-0.4, -0.2) is 23.2 Å². The Morgan fingerprint density at radius 3 is 2.88 bits per heavy atom. The Morgan fingerprint density at radius 2 is 2.29 bits per heavy atom. The van der Waals surface area contributed by atoms with Gasteiger partial charge in [-0.3, -0.25) is 0 Å². The van der Waals surface area contributed by atoms with Crippen molar-refractivity contribution in [2.45, 2.75) is 58.2 Å². The first-order valence-corrected chi connectivity index (χ1v) is 6.28. The van der Waals surface area contributed by atoms with Crippen molar-refractivity contribution >= 4 is 0 Å². The molecule has 0 aliphatic carbocycles. The lowest BCUT2D eigenvalue weighted by atomic mass is 9.93. The lowest BCUT2D eigenvalue weighted by Gasteiger charge is -2.36. The molecule has 4 nitrogen and oxygen atoms in total. The van der Waals surface area contributed by atoms with E-state index in [1.54, 1.807) is 6.20 Å². The van der Waals surface area contributed by atoms with Crippen LogP contribution in [0.2, 0.25) is 0 Å². The van der Waals surface area contributed by atoms with Crippen molar-refractivity contribution in [1.29, 1.82) is 0 Å². The fourth-order valence-corrected chi connectivity index (χ4v) is 2.37. The van der Waals surface area contributed by atoms with Gasteiger partial charge in [0, 0.05) is 12.6 Å². The summed E-state index contributed by atoms with van der Waals surface area (Å²) >= 11 is 0. The van der Waals surface area contributed by atoms with Crippen molar-refractivity contribution < 1.29 is 9.15 Å². The van der Waals surface area contributed by atoms with Crippen molar-refractivity contribution in [3.8, 4) is 0 Å². The number of nitrogens with zero attached hydrogens (tertiary/aromatic N) is 1. The third-order valence-electron chi connectivity index (χ3n) is 3.19. The molecule has 2 atom stereocenters. The fraction of sp³-hybridized carbons (Fsp3) is 0.769. The van der Waals surface area contributed by atoms with Crippen LogP contribution in [0.4, 0.5) is 0 Å². The summed E-state index contributed by atoms with van der Waals surface area (Å²) < 4.78 is 11.2. The third-order valence-corrected chi connectivity index (χ3v) is 3.19. The van der Waals surface area contributed by atoms with Crippen LogP contribution >= 0.6 is 0 Å². The van der Waals surface area contributed by atoms with Crippen LogP contribution in [0.15, 0.2) is 10.6 Å². The molecular formula is C13H22N2O2. The van der Waals surface area contributed by atoms with Gasteiger partial charge in [0.2, 0.25) is 5.89 Å². The highest BCUT2D eigenvalue weighted by atomic mass is 16.5. The molecule has 0 aromatic carbocycles. The maximum absolute atomic E-state index is 5.71. The van der Waals surface area contributed by atoms with Gasteiger partial charge in [-0.05, 0) is 40.5 Å². The Labute approximate surface area is 103 Å². The van der Waals surface area contributed by atoms with E-state index in [1.165, 1.54) is 0 Å². The minimum atomic E-state index is -0.0256. The van der Waals surface area contributed by atoms with Gasteiger partial charge in [-0.25, -0.2) is 4.98 Å². The van der Waals surface area contributed by atoms with Crippen molar-refractivity contribution in [3.63, 3.8) is 0 Å². The van der Waals surface area contributed by atoms with Gasteiger partial charge < -0.3 is 14.5 Å². The molecular weight excluding hydrogens is 216 g/mol. The van der Waals surface area contributed by atoms with Gasteiger partial charge in [-0.15, -0.1) is 0 Å². The highest BCUT2D eigenvalue weighted by molar-refractivity contribution is 4.96. The second-order valence-electron chi connectivity index (χ2n) is 5.50. The first kappa shape index (κ1) is 12.6. The molecule has 2 rings (SSSR count). The summed E-state index contributed by atoms with van der Waals surface area (Å²) in [5.41, 5.74) is -0.0256. The highest BCUT2D eigenvalue weighted by Crippen LogP contribution is 2.25. The summed E-state index contributed by atoms with van der Waals surface area (Å²) in [4.78, 5) is 4.26. The average molecular weight is 238 g/mol. The summed E-state index contributed by atoms with van der Waals surface area (Å²) in [5, 5.41) is 3.57. The van der Waals surface area contributed by atoms with E-state index in [-0.39, 0.29) is 11.6 Å².